The third-order valence-electron chi connectivity index (χ3n) is 6.13. The minimum absolute atomic E-state index is 0.174. The van der Waals surface area contributed by atoms with Gasteiger partial charge in [0.05, 0.1) is 31.8 Å². The molecular weight excluding hydrogens is 454 g/mol. The first kappa shape index (κ1) is 25.1. The smallest absolute Gasteiger partial charge is 0.251 e. The van der Waals surface area contributed by atoms with Gasteiger partial charge in [-0.25, -0.2) is 4.98 Å². The predicted octanol–water partition coefficient (Wildman–Crippen LogP) is 5.23. The number of amides is 1. The molecular formula is C29H33N3O4. The van der Waals surface area contributed by atoms with E-state index in [4.69, 9.17) is 19.2 Å². The zero-order chi connectivity index (χ0) is 25.5. The number of ether oxygens (including phenoxy) is 3. The third kappa shape index (κ3) is 5.62. The number of imidazole rings is 1. The molecule has 0 fully saturated rings. The molecule has 4 rings (SSSR count). The molecule has 4 aromatic rings. The normalized spacial score (nSPS) is 11.0. The summed E-state index contributed by atoms with van der Waals surface area (Å²) in [6, 6.07) is 21.4. The van der Waals surface area contributed by atoms with Crippen molar-refractivity contribution >= 4 is 16.9 Å². The highest BCUT2D eigenvalue weighted by Crippen LogP contribution is 2.28. The van der Waals surface area contributed by atoms with Crippen molar-refractivity contribution < 1.29 is 19.0 Å². The minimum Gasteiger partial charge on any atom is -0.493 e. The van der Waals surface area contributed by atoms with E-state index in [-0.39, 0.29) is 5.91 Å². The van der Waals surface area contributed by atoms with Crippen LogP contribution < -0.4 is 19.5 Å². The number of methoxy groups -OCH3 is 2. The highest BCUT2D eigenvalue weighted by molar-refractivity contribution is 5.94. The number of hydrogen-bond acceptors (Lipinski definition) is 5. The van der Waals surface area contributed by atoms with E-state index in [9.17, 15) is 4.79 Å². The molecule has 0 unspecified atom stereocenters. The number of nitrogens with zero attached hydrogens (tertiary/aromatic N) is 2. The van der Waals surface area contributed by atoms with Crippen molar-refractivity contribution in [1.82, 2.24) is 14.9 Å². The average Bonchev–Trinajstić information content (AvgIpc) is 3.25. The maximum absolute atomic E-state index is 12.7. The lowest BCUT2D eigenvalue weighted by Gasteiger charge is -2.15. The number of fused-ring (bicyclic) bond motifs is 1. The van der Waals surface area contributed by atoms with Gasteiger partial charge in [-0.05, 0) is 47.9 Å². The van der Waals surface area contributed by atoms with Crippen LogP contribution in [0.5, 0.6) is 17.2 Å². The molecule has 7 heteroatoms. The zero-order valence-corrected chi connectivity index (χ0v) is 21.3. The quantitative estimate of drug-likeness (QED) is 0.314. The van der Waals surface area contributed by atoms with Crippen LogP contribution in [0.4, 0.5) is 0 Å². The van der Waals surface area contributed by atoms with Crippen LogP contribution >= 0.6 is 0 Å². The summed E-state index contributed by atoms with van der Waals surface area (Å²) in [5.41, 5.74) is 3.70. The number of nitrogens with one attached hydrogen (secondary N) is 1. The Morgan fingerprint density at radius 1 is 0.944 bits per heavy atom. The molecule has 7 nitrogen and oxygen atoms in total. The molecule has 0 saturated carbocycles. The van der Waals surface area contributed by atoms with Gasteiger partial charge in [-0.1, -0.05) is 44.2 Å². The fourth-order valence-corrected chi connectivity index (χ4v) is 4.27. The summed E-state index contributed by atoms with van der Waals surface area (Å²) in [6.07, 6.45) is 0.594. The topological polar surface area (TPSA) is 74.6 Å². The molecule has 0 bridgehead atoms. The Morgan fingerprint density at radius 3 is 2.47 bits per heavy atom. The maximum Gasteiger partial charge on any atom is 0.251 e. The number of carbonyl (C=O) groups excluding carboxylic acids is 1. The second kappa shape index (κ2) is 11.6. The van der Waals surface area contributed by atoms with Crippen LogP contribution in [0.25, 0.3) is 11.0 Å². The molecule has 0 radical (unpaired) electrons. The fourth-order valence-electron chi connectivity index (χ4n) is 4.27. The van der Waals surface area contributed by atoms with Gasteiger partial charge >= 0.3 is 0 Å². The zero-order valence-electron chi connectivity index (χ0n) is 21.3. The van der Waals surface area contributed by atoms with Crippen molar-refractivity contribution in [3.05, 3.63) is 83.7 Å². The number of aromatic nitrogens is 2. The molecule has 0 aliphatic heterocycles. The molecule has 0 aliphatic carbocycles. The molecule has 3 aromatic carbocycles. The van der Waals surface area contributed by atoms with Crippen LogP contribution in [-0.2, 0) is 13.0 Å². The van der Waals surface area contributed by atoms with E-state index >= 15 is 0 Å². The summed E-state index contributed by atoms with van der Waals surface area (Å²) in [5, 5.41) is 2.99. The van der Waals surface area contributed by atoms with E-state index in [1.54, 1.807) is 32.4 Å². The first-order valence-electron chi connectivity index (χ1n) is 12.2. The molecule has 1 aromatic heterocycles. The van der Waals surface area contributed by atoms with Crippen LogP contribution in [0.15, 0.2) is 66.7 Å². The van der Waals surface area contributed by atoms with Crippen LogP contribution in [0.1, 0.15) is 41.5 Å². The van der Waals surface area contributed by atoms with Gasteiger partial charge < -0.3 is 24.1 Å². The number of hydrogen-bond donors (Lipinski definition) is 1. The Balaban J connectivity index is 1.43. The van der Waals surface area contributed by atoms with Gasteiger partial charge in [0.2, 0.25) is 0 Å². The van der Waals surface area contributed by atoms with E-state index in [0.717, 1.165) is 22.6 Å². The highest BCUT2D eigenvalue weighted by atomic mass is 16.5. The summed E-state index contributed by atoms with van der Waals surface area (Å²) in [6.45, 7) is 5.97. The van der Waals surface area contributed by atoms with E-state index < -0.39 is 0 Å². The number of rotatable bonds is 11. The van der Waals surface area contributed by atoms with Crippen LogP contribution in [0, 0.1) is 0 Å². The molecule has 1 N–H and O–H groups in total. The largest absolute Gasteiger partial charge is 0.493 e. The monoisotopic (exact) mass is 487 g/mol. The summed E-state index contributed by atoms with van der Waals surface area (Å²) in [5.74, 6) is 3.14. The Hall–Kier alpha value is -4.00. The lowest BCUT2D eigenvalue weighted by molar-refractivity contribution is 0.0953. The van der Waals surface area contributed by atoms with E-state index in [2.05, 4.69) is 35.9 Å². The van der Waals surface area contributed by atoms with Crippen molar-refractivity contribution in [2.75, 3.05) is 27.4 Å². The summed E-state index contributed by atoms with van der Waals surface area (Å²) < 4.78 is 18.9. The first-order valence-corrected chi connectivity index (χ1v) is 12.2. The number of para-hydroxylation sites is 3. The van der Waals surface area contributed by atoms with Crippen LogP contribution in [0.3, 0.4) is 0 Å². The van der Waals surface area contributed by atoms with Crippen molar-refractivity contribution in [2.24, 2.45) is 0 Å². The highest BCUT2D eigenvalue weighted by Gasteiger charge is 2.14. The standard InChI is InChI=1S/C29H33N3O4/c1-20(2)22-9-5-8-12-25(22)36-18-17-32-24-11-7-6-10-23(24)31-28(32)15-16-30-29(33)21-13-14-26(34-3)27(19-21)35-4/h5-14,19-20H,15-18H2,1-4H3,(H,30,33). The molecule has 0 aliphatic rings. The Bertz CT molecular complexity index is 1330. The van der Waals surface area contributed by atoms with Crippen LogP contribution in [0.2, 0.25) is 0 Å². The van der Waals surface area contributed by atoms with Crippen molar-refractivity contribution in [2.45, 2.75) is 32.7 Å². The fraction of sp³-hybridized carbons (Fsp3) is 0.310. The third-order valence-corrected chi connectivity index (χ3v) is 6.13. The Labute approximate surface area is 212 Å². The summed E-state index contributed by atoms with van der Waals surface area (Å²) >= 11 is 0. The van der Waals surface area contributed by atoms with Crippen molar-refractivity contribution in [3.8, 4) is 17.2 Å². The summed E-state index contributed by atoms with van der Waals surface area (Å²) in [4.78, 5) is 17.5. The van der Waals surface area contributed by atoms with Crippen molar-refractivity contribution in [3.63, 3.8) is 0 Å². The first-order chi connectivity index (χ1) is 17.5. The van der Waals surface area contributed by atoms with Gasteiger partial charge in [-0.15, -0.1) is 0 Å². The van der Waals surface area contributed by atoms with Crippen molar-refractivity contribution in [1.29, 1.82) is 0 Å². The molecule has 0 atom stereocenters. The molecule has 1 amide bonds. The van der Waals surface area contributed by atoms with E-state index in [0.29, 0.717) is 49.1 Å². The number of benzene rings is 3. The van der Waals surface area contributed by atoms with E-state index in [1.165, 1.54) is 5.56 Å². The van der Waals surface area contributed by atoms with Gasteiger partial charge in [-0.2, -0.15) is 0 Å². The molecule has 36 heavy (non-hydrogen) atoms. The van der Waals surface area contributed by atoms with Gasteiger partial charge in [0.1, 0.15) is 18.2 Å². The van der Waals surface area contributed by atoms with Gasteiger partial charge in [0.25, 0.3) is 5.91 Å². The lowest BCUT2D eigenvalue weighted by Crippen LogP contribution is -2.26. The molecule has 0 spiro atoms. The predicted molar refractivity (Wildman–Crippen MR) is 141 cm³/mol. The van der Waals surface area contributed by atoms with E-state index in [1.807, 2.05) is 36.4 Å². The molecule has 0 saturated heterocycles. The minimum atomic E-state index is -0.174. The Kier molecular flexibility index (Phi) is 8.10. The maximum atomic E-state index is 12.7. The number of carbonyl (C=O) groups is 1. The van der Waals surface area contributed by atoms with Crippen LogP contribution in [-0.4, -0.2) is 42.8 Å². The lowest BCUT2D eigenvalue weighted by atomic mass is 10.0. The molecule has 1 heterocycles. The summed E-state index contributed by atoms with van der Waals surface area (Å²) in [7, 11) is 3.12. The second-order valence-electron chi connectivity index (χ2n) is 8.79. The average molecular weight is 488 g/mol. The SMILES string of the molecule is COc1ccc(C(=O)NCCc2nc3ccccc3n2CCOc2ccccc2C(C)C)cc1OC. The molecule has 188 valence electrons. The van der Waals surface area contributed by atoms with Gasteiger partial charge in [-0.3, -0.25) is 4.79 Å². The van der Waals surface area contributed by atoms with Gasteiger partial charge in [0.15, 0.2) is 11.5 Å². The van der Waals surface area contributed by atoms with Gasteiger partial charge in [0, 0.05) is 18.5 Å². The second-order valence-corrected chi connectivity index (χ2v) is 8.79. The Morgan fingerprint density at radius 2 is 1.69 bits per heavy atom.